The number of aromatic nitrogens is 2. The molecule has 0 aliphatic rings. The van der Waals surface area contributed by atoms with Gasteiger partial charge in [0.1, 0.15) is 6.33 Å². The largest absolute Gasteiger partial charge is 0.481 e. The quantitative estimate of drug-likeness (QED) is 0.799. The third-order valence-electron chi connectivity index (χ3n) is 2.10. The number of nitrogens with zero attached hydrogens (tertiary/aromatic N) is 2. The highest BCUT2D eigenvalue weighted by atomic mass is 16.5. The first kappa shape index (κ1) is 11.9. The van der Waals surface area contributed by atoms with Crippen LogP contribution in [0.4, 0.5) is 0 Å². The Morgan fingerprint density at radius 1 is 1.40 bits per heavy atom. The summed E-state index contributed by atoms with van der Waals surface area (Å²) < 4.78 is 4.98. The van der Waals surface area contributed by atoms with Gasteiger partial charge in [-0.25, -0.2) is 9.97 Å². The van der Waals surface area contributed by atoms with E-state index in [-0.39, 0.29) is 6.10 Å². The Morgan fingerprint density at radius 3 is 2.73 bits per heavy atom. The highest BCUT2D eigenvalue weighted by Gasteiger charge is 2.09. The first-order chi connectivity index (χ1) is 7.11. The molecule has 15 heavy (non-hydrogen) atoms. The first-order valence-corrected chi connectivity index (χ1v) is 5.14. The maximum absolute atomic E-state index is 9.74. The van der Waals surface area contributed by atoms with Crippen LogP contribution in [0.5, 0.6) is 5.88 Å². The molecule has 1 aromatic heterocycles. The van der Waals surface area contributed by atoms with E-state index in [1.165, 1.54) is 6.33 Å². The molecule has 0 aliphatic carbocycles. The van der Waals surface area contributed by atoms with Gasteiger partial charge in [-0.1, -0.05) is 13.8 Å². The molecule has 0 radical (unpaired) electrons. The maximum atomic E-state index is 9.74. The van der Waals surface area contributed by atoms with Crippen LogP contribution < -0.4 is 4.74 Å². The Labute approximate surface area is 90.3 Å². The normalized spacial score (nSPS) is 12.9. The van der Waals surface area contributed by atoms with Crippen LogP contribution in [0.15, 0.2) is 12.4 Å². The van der Waals surface area contributed by atoms with Crippen molar-refractivity contribution in [2.75, 3.05) is 7.11 Å². The second-order valence-electron chi connectivity index (χ2n) is 4.04. The van der Waals surface area contributed by atoms with Crippen LogP contribution in [0.2, 0.25) is 0 Å². The Kier molecular flexibility index (Phi) is 4.49. The summed E-state index contributed by atoms with van der Waals surface area (Å²) >= 11 is 0. The Balaban J connectivity index is 2.55. The monoisotopic (exact) mass is 210 g/mol. The van der Waals surface area contributed by atoms with Gasteiger partial charge in [0.25, 0.3) is 0 Å². The van der Waals surface area contributed by atoms with Gasteiger partial charge in [0.15, 0.2) is 0 Å². The molecule has 4 heteroatoms. The average Bonchev–Trinajstić information content (AvgIpc) is 2.16. The van der Waals surface area contributed by atoms with Crippen molar-refractivity contribution in [1.29, 1.82) is 0 Å². The summed E-state index contributed by atoms with van der Waals surface area (Å²) in [5.74, 6) is 1.03. The molecule has 0 bridgehead atoms. The topological polar surface area (TPSA) is 55.2 Å². The average molecular weight is 210 g/mol. The summed E-state index contributed by atoms with van der Waals surface area (Å²) in [5, 5.41) is 9.74. The molecule has 0 saturated heterocycles. The minimum atomic E-state index is -0.343. The van der Waals surface area contributed by atoms with Crippen molar-refractivity contribution in [2.24, 2.45) is 5.92 Å². The van der Waals surface area contributed by atoms with Gasteiger partial charge in [-0.2, -0.15) is 0 Å². The maximum Gasteiger partial charge on any atom is 0.216 e. The highest BCUT2D eigenvalue weighted by molar-refractivity contribution is 5.13. The molecule has 0 saturated carbocycles. The van der Waals surface area contributed by atoms with Crippen LogP contribution in [0.25, 0.3) is 0 Å². The van der Waals surface area contributed by atoms with Crippen molar-refractivity contribution in [2.45, 2.75) is 32.8 Å². The van der Waals surface area contributed by atoms with Crippen molar-refractivity contribution < 1.29 is 9.84 Å². The summed E-state index contributed by atoms with van der Waals surface area (Å²) in [6.45, 7) is 4.17. The van der Waals surface area contributed by atoms with Crippen molar-refractivity contribution in [3.63, 3.8) is 0 Å². The second kappa shape index (κ2) is 5.66. The van der Waals surface area contributed by atoms with Gasteiger partial charge in [0.05, 0.1) is 18.9 Å². The SMILES string of the molecule is COc1cc(CC(O)CC(C)C)ncn1. The fourth-order valence-electron chi connectivity index (χ4n) is 1.47. The molecule has 0 fully saturated rings. The van der Waals surface area contributed by atoms with Gasteiger partial charge in [0.2, 0.25) is 5.88 Å². The zero-order valence-electron chi connectivity index (χ0n) is 9.47. The predicted molar refractivity (Wildman–Crippen MR) is 57.7 cm³/mol. The number of aliphatic hydroxyl groups excluding tert-OH is 1. The first-order valence-electron chi connectivity index (χ1n) is 5.14. The van der Waals surface area contributed by atoms with E-state index < -0.39 is 0 Å². The zero-order valence-corrected chi connectivity index (χ0v) is 9.47. The summed E-state index contributed by atoms with van der Waals surface area (Å²) in [6, 6.07) is 1.75. The molecule has 84 valence electrons. The minimum absolute atomic E-state index is 0.343. The van der Waals surface area contributed by atoms with Gasteiger partial charge in [-0.05, 0) is 12.3 Å². The summed E-state index contributed by atoms with van der Waals surface area (Å²) in [6.07, 6.45) is 2.45. The molecule has 4 nitrogen and oxygen atoms in total. The lowest BCUT2D eigenvalue weighted by Gasteiger charge is -2.12. The van der Waals surface area contributed by atoms with Crippen molar-refractivity contribution >= 4 is 0 Å². The Hall–Kier alpha value is -1.16. The number of hydrogen-bond acceptors (Lipinski definition) is 4. The van der Waals surface area contributed by atoms with Crippen molar-refractivity contribution in [3.8, 4) is 5.88 Å². The lowest BCUT2D eigenvalue weighted by Crippen LogP contribution is -2.14. The van der Waals surface area contributed by atoms with Gasteiger partial charge in [-0.3, -0.25) is 0 Å². The number of methoxy groups -OCH3 is 1. The van der Waals surface area contributed by atoms with Crippen LogP contribution in [0, 0.1) is 5.92 Å². The third kappa shape index (κ3) is 4.25. The van der Waals surface area contributed by atoms with E-state index in [4.69, 9.17) is 4.74 Å². The lowest BCUT2D eigenvalue weighted by molar-refractivity contribution is 0.148. The van der Waals surface area contributed by atoms with Gasteiger partial charge in [-0.15, -0.1) is 0 Å². The Morgan fingerprint density at radius 2 is 2.13 bits per heavy atom. The molecule has 1 rings (SSSR count). The molecule has 0 aromatic carbocycles. The predicted octanol–water partition coefficient (Wildman–Crippen LogP) is 1.43. The second-order valence-corrected chi connectivity index (χ2v) is 4.04. The fraction of sp³-hybridized carbons (Fsp3) is 0.636. The number of rotatable bonds is 5. The van der Waals surface area contributed by atoms with E-state index in [2.05, 4.69) is 23.8 Å². The van der Waals surface area contributed by atoms with E-state index in [0.717, 1.165) is 12.1 Å². The molecular weight excluding hydrogens is 192 g/mol. The fourth-order valence-corrected chi connectivity index (χ4v) is 1.47. The molecule has 1 unspecified atom stereocenters. The molecule has 0 spiro atoms. The van der Waals surface area contributed by atoms with E-state index in [0.29, 0.717) is 18.2 Å². The van der Waals surface area contributed by atoms with Gasteiger partial charge in [0, 0.05) is 12.5 Å². The molecular formula is C11H18N2O2. The van der Waals surface area contributed by atoms with Crippen LogP contribution in [0.1, 0.15) is 26.0 Å². The third-order valence-corrected chi connectivity index (χ3v) is 2.10. The molecule has 1 aromatic rings. The zero-order chi connectivity index (χ0) is 11.3. The van der Waals surface area contributed by atoms with E-state index in [1.54, 1.807) is 13.2 Å². The van der Waals surface area contributed by atoms with Gasteiger partial charge >= 0.3 is 0 Å². The smallest absolute Gasteiger partial charge is 0.216 e. The molecule has 0 aliphatic heterocycles. The van der Waals surface area contributed by atoms with Crippen LogP contribution in [-0.4, -0.2) is 28.3 Å². The molecule has 1 atom stereocenters. The molecule has 1 heterocycles. The minimum Gasteiger partial charge on any atom is -0.481 e. The van der Waals surface area contributed by atoms with Crippen LogP contribution >= 0.6 is 0 Å². The summed E-state index contributed by atoms with van der Waals surface area (Å²) in [5.41, 5.74) is 0.815. The van der Waals surface area contributed by atoms with Crippen molar-refractivity contribution in [1.82, 2.24) is 9.97 Å². The summed E-state index contributed by atoms with van der Waals surface area (Å²) in [7, 11) is 1.57. The highest BCUT2D eigenvalue weighted by Crippen LogP contribution is 2.12. The number of ether oxygens (including phenoxy) is 1. The number of hydrogen-bond donors (Lipinski definition) is 1. The van der Waals surface area contributed by atoms with Crippen LogP contribution in [0.3, 0.4) is 0 Å². The number of aliphatic hydroxyl groups is 1. The van der Waals surface area contributed by atoms with Gasteiger partial charge < -0.3 is 9.84 Å². The van der Waals surface area contributed by atoms with E-state index >= 15 is 0 Å². The van der Waals surface area contributed by atoms with Crippen molar-refractivity contribution in [3.05, 3.63) is 18.1 Å². The molecule has 1 N–H and O–H groups in total. The lowest BCUT2D eigenvalue weighted by atomic mass is 10.0. The van der Waals surface area contributed by atoms with E-state index in [1.807, 2.05) is 0 Å². The summed E-state index contributed by atoms with van der Waals surface area (Å²) in [4.78, 5) is 7.99. The van der Waals surface area contributed by atoms with Crippen LogP contribution in [-0.2, 0) is 6.42 Å². The Bertz CT molecular complexity index is 302. The standard InChI is InChI=1S/C11H18N2O2/c1-8(2)4-10(14)5-9-6-11(15-3)13-7-12-9/h6-8,10,14H,4-5H2,1-3H3. The van der Waals surface area contributed by atoms with E-state index in [9.17, 15) is 5.11 Å². The molecule has 0 amide bonds.